The maximum Gasteiger partial charge on any atom is 0.191 e. The van der Waals surface area contributed by atoms with Gasteiger partial charge in [0.15, 0.2) is 5.96 Å². The number of guanidine groups is 1. The molecule has 1 aliphatic rings. The third kappa shape index (κ3) is 5.12. The van der Waals surface area contributed by atoms with E-state index in [1.807, 2.05) is 19.3 Å². The van der Waals surface area contributed by atoms with E-state index < -0.39 is 0 Å². The van der Waals surface area contributed by atoms with Gasteiger partial charge in [-0.2, -0.15) is 0 Å². The Morgan fingerprint density at radius 1 is 1.03 bits per heavy atom. The highest BCUT2D eigenvalue weighted by atomic mass is 15.2. The molecule has 4 rings (SSSR count). The van der Waals surface area contributed by atoms with Crippen molar-refractivity contribution in [3.63, 3.8) is 0 Å². The number of benzene rings is 2. The van der Waals surface area contributed by atoms with E-state index in [-0.39, 0.29) is 0 Å². The van der Waals surface area contributed by atoms with E-state index in [1.54, 1.807) is 0 Å². The minimum Gasteiger partial charge on any atom is -0.354 e. The van der Waals surface area contributed by atoms with Crippen LogP contribution in [-0.4, -0.2) is 42.0 Å². The van der Waals surface area contributed by atoms with Crippen LogP contribution in [0.25, 0.3) is 10.9 Å². The summed E-state index contributed by atoms with van der Waals surface area (Å²) in [6, 6.07) is 21.6. The molecule has 2 N–H and O–H groups in total. The maximum absolute atomic E-state index is 4.54. The summed E-state index contributed by atoms with van der Waals surface area (Å²) in [5.41, 5.74) is 3.62. The smallest absolute Gasteiger partial charge is 0.191 e. The van der Waals surface area contributed by atoms with Gasteiger partial charge >= 0.3 is 0 Å². The molecule has 0 bridgehead atoms. The van der Waals surface area contributed by atoms with E-state index in [1.165, 1.54) is 16.5 Å². The zero-order chi connectivity index (χ0) is 19.9. The Bertz CT molecular complexity index is 940. The molecule has 0 saturated carbocycles. The SMILES string of the molecule is CN=C(NCc1cccc2cccnc12)NC1CCN(Cc2ccccc2)CC1. The Labute approximate surface area is 172 Å². The van der Waals surface area contributed by atoms with Gasteiger partial charge in [0.1, 0.15) is 0 Å². The topological polar surface area (TPSA) is 52.6 Å². The van der Waals surface area contributed by atoms with Crippen LogP contribution in [0.4, 0.5) is 0 Å². The van der Waals surface area contributed by atoms with Gasteiger partial charge in [0.2, 0.25) is 0 Å². The Kier molecular flexibility index (Phi) is 6.37. The van der Waals surface area contributed by atoms with Gasteiger partial charge in [-0.05, 0) is 30.0 Å². The first-order valence-corrected chi connectivity index (χ1v) is 10.4. The molecule has 0 radical (unpaired) electrons. The molecule has 3 aromatic rings. The number of pyridine rings is 1. The summed E-state index contributed by atoms with van der Waals surface area (Å²) in [6.45, 7) is 3.96. The molecular formula is C24H29N5. The van der Waals surface area contributed by atoms with E-state index in [9.17, 15) is 0 Å². The van der Waals surface area contributed by atoms with Crippen molar-refractivity contribution in [2.75, 3.05) is 20.1 Å². The molecule has 29 heavy (non-hydrogen) atoms. The molecule has 150 valence electrons. The fourth-order valence-corrected chi connectivity index (χ4v) is 3.95. The van der Waals surface area contributed by atoms with Gasteiger partial charge in [-0.3, -0.25) is 14.9 Å². The molecule has 1 fully saturated rings. The minimum absolute atomic E-state index is 0.457. The second-order valence-corrected chi connectivity index (χ2v) is 7.60. The molecule has 1 saturated heterocycles. The number of nitrogens with zero attached hydrogens (tertiary/aromatic N) is 3. The highest BCUT2D eigenvalue weighted by molar-refractivity contribution is 5.83. The monoisotopic (exact) mass is 387 g/mol. The molecule has 5 nitrogen and oxygen atoms in total. The number of likely N-dealkylation sites (tertiary alicyclic amines) is 1. The Balaban J connectivity index is 1.28. The molecule has 5 heteroatoms. The third-order valence-corrected chi connectivity index (χ3v) is 5.56. The van der Waals surface area contributed by atoms with E-state index in [0.29, 0.717) is 12.6 Å². The lowest BCUT2D eigenvalue weighted by Gasteiger charge is -2.33. The molecule has 0 unspecified atom stereocenters. The number of aliphatic imine (C=N–C) groups is 1. The van der Waals surface area contributed by atoms with Crippen LogP contribution in [0.5, 0.6) is 0 Å². The van der Waals surface area contributed by atoms with Crippen LogP contribution in [0, 0.1) is 0 Å². The molecule has 1 aromatic heterocycles. The standard InChI is InChI=1S/C24H29N5/c1-25-24(27-17-21-10-5-9-20-11-6-14-26-23(20)21)28-22-12-15-29(16-13-22)18-19-7-3-2-4-8-19/h2-11,14,22H,12-13,15-18H2,1H3,(H2,25,27,28). The van der Waals surface area contributed by atoms with Crippen molar-refractivity contribution in [1.29, 1.82) is 0 Å². The van der Waals surface area contributed by atoms with Gasteiger partial charge in [-0.1, -0.05) is 54.6 Å². The predicted octanol–water partition coefficient (Wildman–Crippen LogP) is 3.56. The molecule has 2 heterocycles. The van der Waals surface area contributed by atoms with Gasteiger partial charge in [-0.15, -0.1) is 0 Å². The highest BCUT2D eigenvalue weighted by Gasteiger charge is 2.20. The zero-order valence-corrected chi connectivity index (χ0v) is 17.0. The van der Waals surface area contributed by atoms with Crippen LogP contribution in [-0.2, 0) is 13.1 Å². The van der Waals surface area contributed by atoms with Gasteiger partial charge in [0, 0.05) is 50.9 Å². The van der Waals surface area contributed by atoms with E-state index in [4.69, 9.17) is 0 Å². The first-order chi connectivity index (χ1) is 14.3. The van der Waals surface area contributed by atoms with Crippen LogP contribution in [0.15, 0.2) is 71.9 Å². The van der Waals surface area contributed by atoms with E-state index in [2.05, 4.69) is 80.1 Å². The fourth-order valence-electron chi connectivity index (χ4n) is 3.95. The van der Waals surface area contributed by atoms with Gasteiger partial charge < -0.3 is 10.6 Å². The minimum atomic E-state index is 0.457. The molecule has 2 aromatic carbocycles. The lowest BCUT2D eigenvalue weighted by atomic mass is 10.0. The highest BCUT2D eigenvalue weighted by Crippen LogP contribution is 2.16. The average Bonchev–Trinajstić information content (AvgIpc) is 2.78. The predicted molar refractivity (Wildman–Crippen MR) is 120 cm³/mol. The summed E-state index contributed by atoms with van der Waals surface area (Å²) in [5.74, 6) is 0.861. The first-order valence-electron chi connectivity index (χ1n) is 10.4. The van der Waals surface area contributed by atoms with E-state index in [0.717, 1.165) is 44.0 Å². The third-order valence-electron chi connectivity index (χ3n) is 5.56. The van der Waals surface area contributed by atoms with Crippen LogP contribution in [0.2, 0.25) is 0 Å². The van der Waals surface area contributed by atoms with Crippen molar-refractivity contribution in [3.05, 3.63) is 78.0 Å². The quantitative estimate of drug-likeness (QED) is 0.519. The summed E-state index contributed by atoms with van der Waals surface area (Å²) < 4.78 is 0. The second kappa shape index (κ2) is 9.52. The number of aromatic nitrogens is 1. The van der Waals surface area contributed by atoms with Gasteiger partial charge in [-0.25, -0.2) is 0 Å². The molecule has 0 atom stereocenters. The van der Waals surface area contributed by atoms with Crippen molar-refractivity contribution in [2.24, 2.45) is 4.99 Å². The van der Waals surface area contributed by atoms with Crippen LogP contribution >= 0.6 is 0 Å². The summed E-state index contributed by atoms with van der Waals surface area (Å²) >= 11 is 0. The van der Waals surface area contributed by atoms with Gasteiger partial charge in [0.05, 0.1) is 5.52 Å². The fraction of sp³-hybridized carbons (Fsp3) is 0.333. The molecule has 0 aliphatic carbocycles. The number of para-hydroxylation sites is 1. The molecule has 1 aliphatic heterocycles. The van der Waals surface area contributed by atoms with E-state index >= 15 is 0 Å². The summed E-state index contributed by atoms with van der Waals surface area (Å²) in [5, 5.41) is 8.23. The number of hydrogen-bond acceptors (Lipinski definition) is 3. The largest absolute Gasteiger partial charge is 0.354 e. The zero-order valence-electron chi connectivity index (χ0n) is 17.0. The van der Waals surface area contributed by atoms with Crippen molar-refractivity contribution >= 4 is 16.9 Å². The Hall–Kier alpha value is -2.92. The van der Waals surface area contributed by atoms with Crippen molar-refractivity contribution in [3.8, 4) is 0 Å². The van der Waals surface area contributed by atoms with Crippen LogP contribution < -0.4 is 10.6 Å². The number of nitrogens with one attached hydrogen (secondary N) is 2. The molecule has 0 spiro atoms. The Morgan fingerprint density at radius 2 is 1.83 bits per heavy atom. The Morgan fingerprint density at radius 3 is 2.62 bits per heavy atom. The van der Waals surface area contributed by atoms with Crippen molar-refractivity contribution in [1.82, 2.24) is 20.5 Å². The van der Waals surface area contributed by atoms with Crippen molar-refractivity contribution in [2.45, 2.75) is 32.0 Å². The summed E-state index contributed by atoms with van der Waals surface area (Å²) in [4.78, 5) is 11.5. The molecule has 0 amide bonds. The van der Waals surface area contributed by atoms with Crippen LogP contribution in [0.3, 0.4) is 0 Å². The first kappa shape index (κ1) is 19.4. The number of hydrogen-bond donors (Lipinski definition) is 2. The maximum atomic E-state index is 4.54. The number of piperidine rings is 1. The number of fused-ring (bicyclic) bond motifs is 1. The van der Waals surface area contributed by atoms with Gasteiger partial charge in [0.25, 0.3) is 0 Å². The average molecular weight is 388 g/mol. The summed E-state index contributed by atoms with van der Waals surface area (Å²) in [7, 11) is 1.83. The lowest BCUT2D eigenvalue weighted by molar-refractivity contribution is 0.198. The lowest BCUT2D eigenvalue weighted by Crippen LogP contribution is -2.48. The van der Waals surface area contributed by atoms with Crippen molar-refractivity contribution < 1.29 is 0 Å². The normalized spacial score (nSPS) is 16.1. The summed E-state index contributed by atoms with van der Waals surface area (Å²) in [6.07, 6.45) is 4.11. The molecular weight excluding hydrogens is 358 g/mol. The second-order valence-electron chi connectivity index (χ2n) is 7.60. The van der Waals surface area contributed by atoms with Crippen LogP contribution in [0.1, 0.15) is 24.0 Å². The number of rotatable bonds is 5.